The molecule has 0 saturated heterocycles. The molecule has 2 aromatic heterocycles. The van der Waals surface area contributed by atoms with Gasteiger partial charge in [0.1, 0.15) is 5.69 Å². The molecule has 2 N–H and O–H groups in total. The molecule has 0 unspecified atom stereocenters. The van der Waals surface area contributed by atoms with E-state index in [1.807, 2.05) is 29.9 Å². The summed E-state index contributed by atoms with van der Waals surface area (Å²) in [5.41, 5.74) is 3.71. The summed E-state index contributed by atoms with van der Waals surface area (Å²) in [4.78, 5) is 14.8. The number of aryl methyl sites for hydroxylation is 1. The van der Waals surface area contributed by atoms with E-state index in [1.54, 1.807) is 13.1 Å². The maximum Gasteiger partial charge on any atom is 0.271 e. The number of nitrogens with one attached hydrogen (secondary N) is 2. The summed E-state index contributed by atoms with van der Waals surface area (Å²) in [5.74, 6) is -0.160. The molecule has 102 valence electrons. The Hall–Kier alpha value is -2.56. The van der Waals surface area contributed by atoms with E-state index in [0.717, 1.165) is 11.2 Å². The van der Waals surface area contributed by atoms with Crippen molar-refractivity contribution in [3.63, 3.8) is 0 Å². The Morgan fingerprint density at radius 1 is 1.40 bits per heavy atom. The van der Waals surface area contributed by atoms with Gasteiger partial charge < -0.3 is 10.3 Å². The molecular formula is C15H16N4O. The van der Waals surface area contributed by atoms with Crippen LogP contribution < -0.4 is 5.32 Å². The van der Waals surface area contributed by atoms with Gasteiger partial charge in [-0.1, -0.05) is 12.1 Å². The number of hydrogen-bond donors (Lipinski definition) is 2. The van der Waals surface area contributed by atoms with Crippen molar-refractivity contribution >= 4 is 16.8 Å². The second-order valence-corrected chi connectivity index (χ2v) is 4.76. The van der Waals surface area contributed by atoms with Gasteiger partial charge in [-0.3, -0.25) is 9.48 Å². The topological polar surface area (TPSA) is 62.7 Å². The van der Waals surface area contributed by atoms with Crippen molar-refractivity contribution in [1.82, 2.24) is 20.1 Å². The van der Waals surface area contributed by atoms with Crippen molar-refractivity contribution in [3.8, 4) is 0 Å². The molecule has 0 aliphatic rings. The number of amides is 1. The minimum Gasteiger partial charge on any atom is -0.361 e. The van der Waals surface area contributed by atoms with Crippen LogP contribution in [-0.2, 0) is 6.54 Å². The van der Waals surface area contributed by atoms with E-state index in [2.05, 4.69) is 27.5 Å². The van der Waals surface area contributed by atoms with E-state index >= 15 is 0 Å². The predicted octanol–water partition coefficient (Wildman–Crippen LogP) is 2.08. The molecule has 5 heteroatoms. The standard InChI is InChI=1S/C15H16N4O/c1-10-8-14(15(20)16-2)18-19(10)9-11-4-3-5-13-12(11)6-7-17-13/h3-8,17H,9H2,1-2H3,(H,16,20). The average Bonchev–Trinajstić information content (AvgIpc) is 3.06. The molecule has 0 bridgehead atoms. The van der Waals surface area contributed by atoms with Crippen LogP contribution in [0.2, 0.25) is 0 Å². The molecule has 1 aromatic carbocycles. The Bertz CT molecular complexity index is 769. The lowest BCUT2D eigenvalue weighted by molar-refractivity contribution is 0.0957. The molecule has 2 heterocycles. The van der Waals surface area contributed by atoms with Gasteiger partial charge >= 0.3 is 0 Å². The van der Waals surface area contributed by atoms with Crippen LogP contribution in [0.3, 0.4) is 0 Å². The van der Waals surface area contributed by atoms with Gasteiger partial charge in [-0.2, -0.15) is 5.10 Å². The minimum absolute atomic E-state index is 0.160. The zero-order valence-electron chi connectivity index (χ0n) is 11.5. The van der Waals surface area contributed by atoms with E-state index in [0.29, 0.717) is 12.2 Å². The first kappa shape index (κ1) is 12.5. The number of rotatable bonds is 3. The van der Waals surface area contributed by atoms with Gasteiger partial charge in [0.05, 0.1) is 6.54 Å². The number of H-pyrrole nitrogens is 1. The molecule has 0 aliphatic carbocycles. The number of carbonyl (C=O) groups excluding carboxylic acids is 1. The molecule has 0 radical (unpaired) electrons. The van der Waals surface area contributed by atoms with Crippen LogP contribution >= 0.6 is 0 Å². The molecular weight excluding hydrogens is 252 g/mol. The van der Waals surface area contributed by atoms with E-state index < -0.39 is 0 Å². The molecule has 0 aliphatic heterocycles. The fourth-order valence-corrected chi connectivity index (χ4v) is 2.36. The van der Waals surface area contributed by atoms with E-state index in [4.69, 9.17) is 0 Å². The predicted molar refractivity (Wildman–Crippen MR) is 77.8 cm³/mol. The summed E-state index contributed by atoms with van der Waals surface area (Å²) in [6.07, 6.45) is 1.93. The number of nitrogens with zero attached hydrogens (tertiary/aromatic N) is 2. The van der Waals surface area contributed by atoms with Crippen LogP contribution in [0.4, 0.5) is 0 Å². The van der Waals surface area contributed by atoms with Gasteiger partial charge in [-0.25, -0.2) is 0 Å². The van der Waals surface area contributed by atoms with Gasteiger partial charge in [0.2, 0.25) is 0 Å². The molecule has 0 spiro atoms. The van der Waals surface area contributed by atoms with Crippen molar-refractivity contribution in [2.75, 3.05) is 7.05 Å². The molecule has 20 heavy (non-hydrogen) atoms. The Balaban J connectivity index is 1.97. The van der Waals surface area contributed by atoms with E-state index in [9.17, 15) is 4.79 Å². The van der Waals surface area contributed by atoms with Gasteiger partial charge in [0, 0.05) is 29.8 Å². The molecule has 3 rings (SSSR count). The summed E-state index contributed by atoms with van der Waals surface area (Å²) in [6, 6.07) is 10.0. The first-order valence-electron chi connectivity index (χ1n) is 6.50. The first-order chi connectivity index (χ1) is 9.69. The highest BCUT2D eigenvalue weighted by Crippen LogP contribution is 2.19. The highest BCUT2D eigenvalue weighted by atomic mass is 16.1. The lowest BCUT2D eigenvalue weighted by Crippen LogP contribution is -2.18. The average molecular weight is 268 g/mol. The maximum absolute atomic E-state index is 11.6. The quantitative estimate of drug-likeness (QED) is 0.764. The van der Waals surface area contributed by atoms with Crippen LogP contribution in [0, 0.1) is 6.92 Å². The maximum atomic E-state index is 11.6. The Labute approximate surface area is 116 Å². The van der Waals surface area contributed by atoms with Crippen LogP contribution in [0.25, 0.3) is 10.9 Å². The Morgan fingerprint density at radius 3 is 3.05 bits per heavy atom. The number of benzene rings is 1. The number of aromatic nitrogens is 3. The number of aromatic amines is 1. The number of carbonyl (C=O) groups is 1. The monoisotopic (exact) mass is 268 g/mol. The van der Waals surface area contributed by atoms with Gasteiger partial charge in [-0.15, -0.1) is 0 Å². The highest BCUT2D eigenvalue weighted by molar-refractivity contribution is 5.92. The third-order valence-corrected chi connectivity index (χ3v) is 3.45. The Kier molecular flexibility index (Phi) is 3.02. The van der Waals surface area contributed by atoms with Crippen LogP contribution in [0.15, 0.2) is 36.5 Å². The minimum atomic E-state index is -0.160. The lowest BCUT2D eigenvalue weighted by Gasteiger charge is -2.06. The zero-order valence-corrected chi connectivity index (χ0v) is 11.5. The molecule has 3 aromatic rings. The third-order valence-electron chi connectivity index (χ3n) is 3.45. The summed E-state index contributed by atoms with van der Waals surface area (Å²) >= 11 is 0. The van der Waals surface area contributed by atoms with Gasteiger partial charge in [0.25, 0.3) is 5.91 Å². The lowest BCUT2D eigenvalue weighted by atomic mass is 10.1. The summed E-state index contributed by atoms with van der Waals surface area (Å²) in [7, 11) is 1.61. The normalized spacial score (nSPS) is 10.9. The van der Waals surface area contributed by atoms with Crippen molar-refractivity contribution in [1.29, 1.82) is 0 Å². The molecule has 5 nitrogen and oxygen atoms in total. The van der Waals surface area contributed by atoms with Crippen LogP contribution in [0.1, 0.15) is 21.7 Å². The number of hydrogen-bond acceptors (Lipinski definition) is 2. The van der Waals surface area contributed by atoms with E-state index in [-0.39, 0.29) is 5.91 Å². The summed E-state index contributed by atoms with van der Waals surface area (Å²) in [6.45, 7) is 2.61. The Morgan fingerprint density at radius 2 is 2.25 bits per heavy atom. The van der Waals surface area contributed by atoms with Crippen molar-refractivity contribution in [2.24, 2.45) is 0 Å². The van der Waals surface area contributed by atoms with Crippen LogP contribution in [-0.4, -0.2) is 27.7 Å². The zero-order chi connectivity index (χ0) is 14.1. The van der Waals surface area contributed by atoms with Gasteiger partial charge in [-0.05, 0) is 30.7 Å². The first-order valence-corrected chi connectivity index (χ1v) is 6.50. The van der Waals surface area contributed by atoms with Crippen molar-refractivity contribution in [2.45, 2.75) is 13.5 Å². The molecule has 1 amide bonds. The third kappa shape index (κ3) is 2.07. The second kappa shape index (κ2) is 4.85. The largest absolute Gasteiger partial charge is 0.361 e. The molecule has 0 atom stereocenters. The molecule has 0 fully saturated rings. The van der Waals surface area contributed by atoms with Crippen molar-refractivity contribution in [3.05, 3.63) is 53.5 Å². The van der Waals surface area contributed by atoms with Crippen LogP contribution in [0.5, 0.6) is 0 Å². The SMILES string of the molecule is CNC(=O)c1cc(C)n(Cc2cccc3[nH]ccc23)n1. The van der Waals surface area contributed by atoms with Crippen molar-refractivity contribution < 1.29 is 4.79 Å². The highest BCUT2D eigenvalue weighted by Gasteiger charge is 2.11. The second-order valence-electron chi connectivity index (χ2n) is 4.76. The summed E-state index contributed by atoms with van der Waals surface area (Å²) < 4.78 is 1.85. The fraction of sp³-hybridized carbons (Fsp3) is 0.200. The fourth-order valence-electron chi connectivity index (χ4n) is 2.36. The van der Waals surface area contributed by atoms with E-state index in [1.165, 1.54) is 10.9 Å². The summed E-state index contributed by atoms with van der Waals surface area (Å²) in [5, 5.41) is 8.14. The number of fused-ring (bicyclic) bond motifs is 1. The smallest absolute Gasteiger partial charge is 0.271 e. The molecule has 0 saturated carbocycles. The van der Waals surface area contributed by atoms with Gasteiger partial charge in [0.15, 0.2) is 0 Å².